The van der Waals surface area contributed by atoms with Crippen molar-refractivity contribution in [2.24, 2.45) is 4.99 Å². The van der Waals surface area contributed by atoms with Crippen molar-refractivity contribution in [2.75, 3.05) is 0 Å². The first-order valence-electron chi connectivity index (χ1n) is 7.98. The van der Waals surface area contributed by atoms with Gasteiger partial charge in [-0.2, -0.15) is 0 Å². The van der Waals surface area contributed by atoms with Gasteiger partial charge in [-0.25, -0.2) is 0 Å². The Balaban J connectivity index is 2.06. The van der Waals surface area contributed by atoms with Crippen LogP contribution in [0.2, 0.25) is 0 Å². The zero-order chi connectivity index (χ0) is 18.3. The van der Waals surface area contributed by atoms with E-state index in [9.17, 15) is 10.1 Å². The van der Waals surface area contributed by atoms with Crippen molar-refractivity contribution in [3.05, 3.63) is 74.0 Å². The number of halogens is 1. The minimum Gasteiger partial charge on any atom is -0.274 e. The molecule has 0 saturated heterocycles. The number of benzene rings is 1. The fourth-order valence-corrected chi connectivity index (χ4v) is 3.52. The van der Waals surface area contributed by atoms with Crippen molar-refractivity contribution >= 4 is 27.3 Å². The second-order valence-corrected chi connectivity index (χ2v) is 6.42. The van der Waals surface area contributed by atoms with Crippen molar-refractivity contribution in [1.82, 2.24) is 19.7 Å². The molecule has 0 spiro atoms. The number of aryl methyl sites for hydroxylation is 1. The van der Waals surface area contributed by atoms with Crippen molar-refractivity contribution in [1.29, 1.82) is 0 Å². The minimum absolute atomic E-state index is 0.0718. The van der Waals surface area contributed by atoms with E-state index in [4.69, 9.17) is 0 Å². The summed E-state index contributed by atoms with van der Waals surface area (Å²) in [6.45, 7) is 2.19. The number of aromatic nitrogens is 4. The van der Waals surface area contributed by atoms with Crippen LogP contribution >= 0.6 is 15.9 Å². The smallest absolute Gasteiger partial charge is 0.273 e. The largest absolute Gasteiger partial charge is 0.274 e. The SMILES string of the molecule is CCc1cc2c(cc1[N+](=O)[O-])C(c1ccccn1)=NCc1nnc(Br)n1-2. The molecule has 1 aliphatic rings. The maximum Gasteiger partial charge on any atom is 0.273 e. The highest BCUT2D eigenvalue weighted by Gasteiger charge is 2.27. The Labute approximate surface area is 156 Å². The van der Waals surface area contributed by atoms with Crippen molar-refractivity contribution in [2.45, 2.75) is 19.9 Å². The summed E-state index contributed by atoms with van der Waals surface area (Å²) in [7, 11) is 0. The molecule has 130 valence electrons. The van der Waals surface area contributed by atoms with Crippen molar-refractivity contribution in [3.63, 3.8) is 0 Å². The Morgan fingerprint density at radius 3 is 2.85 bits per heavy atom. The fourth-order valence-electron chi connectivity index (χ4n) is 3.04. The van der Waals surface area contributed by atoms with E-state index in [-0.39, 0.29) is 10.6 Å². The second-order valence-electron chi connectivity index (χ2n) is 5.71. The molecule has 0 aliphatic carbocycles. The van der Waals surface area contributed by atoms with Crippen LogP contribution in [0.25, 0.3) is 5.69 Å². The summed E-state index contributed by atoms with van der Waals surface area (Å²) in [5, 5.41) is 19.8. The molecule has 26 heavy (non-hydrogen) atoms. The van der Waals surface area contributed by atoms with Gasteiger partial charge < -0.3 is 0 Å². The maximum atomic E-state index is 11.6. The van der Waals surface area contributed by atoms with Gasteiger partial charge >= 0.3 is 0 Å². The molecule has 9 heteroatoms. The second kappa shape index (κ2) is 6.41. The quantitative estimate of drug-likeness (QED) is 0.485. The van der Waals surface area contributed by atoms with Gasteiger partial charge in [0.1, 0.15) is 6.54 Å². The van der Waals surface area contributed by atoms with Gasteiger partial charge in [0.2, 0.25) is 4.73 Å². The Kier molecular flexibility index (Phi) is 4.08. The van der Waals surface area contributed by atoms with Gasteiger partial charge in [0, 0.05) is 23.4 Å². The Morgan fingerprint density at radius 1 is 1.31 bits per heavy atom. The van der Waals surface area contributed by atoms with Gasteiger partial charge in [-0.15, -0.1) is 10.2 Å². The van der Waals surface area contributed by atoms with Gasteiger partial charge in [-0.3, -0.25) is 24.7 Å². The van der Waals surface area contributed by atoms with E-state index >= 15 is 0 Å². The molecule has 0 atom stereocenters. The summed E-state index contributed by atoms with van der Waals surface area (Å²) in [5.41, 5.74) is 3.35. The average molecular weight is 413 g/mol. The summed E-state index contributed by atoms with van der Waals surface area (Å²) in [4.78, 5) is 20.2. The molecule has 4 rings (SSSR count). The average Bonchev–Trinajstić information content (AvgIpc) is 2.94. The summed E-state index contributed by atoms with van der Waals surface area (Å²) < 4.78 is 2.36. The molecule has 0 bridgehead atoms. The summed E-state index contributed by atoms with van der Waals surface area (Å²) in [6, 6.07) is 8.90. The van der Waals surface area contributed by atoms with Crippen LogP contribution in [0.3, 0.4) is 0 Å². The molecule has 0 saturated carbocycles. The van der Waals surface area contributed by atoms with E-state index < -0.39 is 0 Å². The highest BCUT2D eigenvalue weighted by Crippen LogP contribution is 2.32. The number of nitrogens with zero attached hydrogens (tertiary/aromatic N) is 6. The number of aliphatic imine (C=N–C) groups is 1. The Bertz CT molecular complexity index is 1040. The Morgan fingerprint density at radius 2 is 2.15 bits per heavy atom. The molecule has 2 aromatic heterocycles. The Hall–Kier alpha value is -2.94. The normalized spacial score (nSPS) is 12.8. The topological polar surface area (TPSA) is 99.1 Å². The number of fused-ring (bicyclic) bond motifs is 3. The van der Waals surface area contributed by atoms with Crippen LogP contribution in [0.15, 0.2) is 46.3 Å². The molecule has 3 aromatic rings. The fraction of sp³-hybridized carbons (Fsp3) is 0.176. The van der Waals surface area contributed by atoms with E-state index in [0.717, 1.165) is 5.69 Å². The zero-order valence-corrected chi connectivity index (χ0v) is 15.3. The molecule has 0 radical (unpaired) electrons. The standard InChI is InChI=1S/C17H13BrN6O2/c1-2-10-7-14-11(8-13(10)24(25)26)16(12-5-3-4-6-19-12)20-9-15-21-22-17(18)23(14)15/h3-8H,2,9H2,1H3. The molecule has 0 unspecified atom stereocenters. The third-order valence-corrected chi connectivity index (χ3v) is 4.76. The lowest BCUT2D eigenvalue weighted by molar-refractivity contribution is -0.385. The molecular formula is C17H13BrN6O2. The summed E-state index contributed by atoms with van der Waals surface area (Å²) in [6.07, 6.45) is 2.21. The first-order chi connectivity index (χ1) is 12.6. The van der Waals surface area contributed by atoms with E-state index in [0.29, 0.717) is 46.1 Å². The molecule has 0 N–H and O–H groups in total. The van der Waals surface area contributed by atoms with E-state index in [2.05, 4.69) is 36.1 Å². The first kappa shape index (κ1) is 16.5. The predicted octanol–water partition coefficient (Wildman–Crippen LogP) is 3.25. The highest BCUT2D eigenvalue weighted by atomic mass is 79.9. The molecule has 8 nitrogen and oxygen atoms in total. The van der Waals surface area contributed by atoms with Gasteiger partial charge in [-0.1, -0.05) is 13.0 Å². The molecule has 0 amide bonds. The summed E-state index contributed by atoms with van der Waals surface area (Å²) >= 11 is 3.42. The molecule has 0 fully saturated rings. The van der Waals surface area contributed by atoms with Crippen LogP contribution in [0.5, 0.6) is 0 Å². The van der Waals surface area contributed by atoms with Crippen molar-refractivity contribution < 1.29 is 4.92 Å². The third-order valence-electron chi connectivity index (χ3n) is 4.25. The predicted molar refractivity (Wildman–Crippen MR) is 98.7 cm³/mol. The van der Waals surface area contributed by atoms with Gasteiger partial charge in [-0.05, 0) is 40.5 Å². The van der Waals surface area contributed by atoms with Crippen LogP contribution in [0.4, 0.5) is 5.69 Å². The number of hydrogen-bond acceptors (Lipinski definition) is 6. The van der Waals surface area contributed by atoms with Crippen LogP contribution in [-0.2, 0) is 13.0 Å². The number of nitro groups is 1. The zero-order valence-electron chi connectivity index (χ0n) is 13.8. The number of nitro benzene ring substituents is 1. The lowest BCUT2D eigenvalue weighted by Gasteiger charge is -2.13. The first-order valence-corrected chi connectivity index (χ1v) is 8.77. The van der Waals surface area contributed by atoms with Crippen LogP contribution < -0.4 is 0 Å². The van der Waals surface area contributed by atoms with Crippen LogP contribution in [0.1, 0.15) is 29.6 Å². The highest BCUT2D eigenvalue weighted by molar-refractivity contribution is 9.10. The van der Waals surface area contributed by atoms with Crippen LogP contribution in [-0.4, -0.2) is 30.4 Å². The van der Waals surface area contributed by atoms with E-state index in [1.807, 2.05) is 35.8 Å². The number of pyridine rings is 1. The van der Waals surface area contributed by atoms with Crippen LogP contribution in [0, 0.1) is 10.1 Å². The van der Waals surface area contributed by atoms with Gasteiger partial charge in [0.15, 0.2) is 5.82 Å². The molecule has 1 aliphatic heterocycles. The lowest BCUT2D eigenvalue weighted by Crippen LogP contribution is -2.11. The molecule has 3 heterocycles. The number of rotatable bonds is 3. The van der Waals surface area contributed by atoms with Gasteiger partial charge in [0.25, 0.3) is 5.69 Å². The molecular weight excluding hydrogens is 400 g/mol. The van der Waals surface area contributed by atoms with Crippen molar-refractivity contribution in [3.8, 4) is 5.69 Å². The lowest BCUT2D eigenvalue weighted by atomic mass is 9.99. The van der Waals surface area contributed by atoms with E-state index in [1.54, 1.807) is 12.3 Å². The maximum absolute atomic E-state index is 11.6. The molecule has 1 aromatic carbocycles. The minimum atomic E-state index is -0.359. The summed E-state index contributed by atoms with van der Waals surface area (Å²) in [5.74, 6) is 0.653. The van der Waals surface area contributed by atoms with Gasteiger partial charge in [0.05, 0.1) is 22.0 Å². The number of hydrogen-bond donors (Lipinski definition) is 0. The monoisotopic (exact) mass is 412 g/mol. The van der Waals surface area contributed by atoms with E-state index in [1.165, 1.54) is 0 Å². The third kappa shape index (κ3) is 2.60.